The zero-order chi connectivity index (χ0) is 19.7. The highest BCUT2D eigenvalue weighted by molar-refractivity contribution is 6.37. The van der Waals surface area contributed by atoms with Crippen LogP contribution in [0.1, 0.15) is 26.3 Å². The Bertz CT molecular complexity index is 1070. The summed E-state index contributed by atoms with van der Waals surface area (Å²) in [5.41, 5.74) is 3.28. The summed E-state index contributed by atoms with van der Waals surface area (Å²) >= 11 is 12.0. The first-order valence-electron chi connectivity index (χ1n) is 8.64. The number of halogens is 2. The zero-order valence-electron chi connectivity index (χ0n) is 14.7. The molecule has 28 heavy (non-hydrogen) atoms. The number of nitrogens with zero attached hydrogens (tertiary/aromatic N) is 2. The summed E-state index contributed by atoms with van der Waals surface area (Å²) in [6, 6.07) is 13.7. The van der Waals surface area contributed by atoms with E-state index >= 15 is 0 Å². The van der Waals surface area contributed by atoms with Crippen molar-refractivity contribution in [2.24, 2.45) is 0 Å². The van der Waals surface area contributed by atoms with Crippen LogP contribution in [-0.4, -0.2) is 23.3 Å². The average Bonchev–Trinajstić information content (AvgIpc) is 3.11. The van der Waals surface area contributed by atoms with Crippen LogP contribution in [0.15, 0.2) is 60.9 Å². The van der Waals surface area contributed by atoms with Gasteiger partial charge in [-0.2, -0.15) is 0 Å². The molecule has 0 radical (unpaired) electrons. The predicted octanol–water partition coefficient (Wildman–Crippen LogP) is 4.84. The molecule has 1 aliphatic rings. The van der Waals surface area contributed by atoms with Crippen molar-refractivity contribution in [3.8, 4) is 0 Å². The molecule has 0 aliphatic carbocycles. The molecule has 0 spiro atoms. The number of aromatic nitrogens is 1. The lowest BCUT2D eigenvalue weighted by Crippen LogP contribution is -2.29. The van der Waals surface area contributed by atoms with Crippen molar-refractivity contribution < 1.29 is 9.59 Å². The Labute approximate surface area is 171 Å². The van der Waals surface area contributed by atoms with Gasteiger partial charge in [-0.1, -0.05) is 29.3 Å². The maximum atomic E-state index is 12.8. The second-order valence-corrected chi connectivity index (χ2v) is 7.21. The molecule has 1 aromatic heterocycles. The lowest BCUT2D eigenvalue weighted by Gasteiger charge is -2.18. The van der Waals surface area contributed by atoms with Crippen molar-refractivity contribution >= 4 is 46.4 Å². The first-order chi connectivity index (χ1) is 13.5. The SMILES string of the molecule is O=C(Nc1ccc2c(c1)N(C(=O)c1cccnc1)CC2)c1ccc(Cl)cc1Cl. The molecule has 7 heteroatoms. The van der Waals surface area contributed by atoms with Crippen LogP contribution >= 0.6 is 23.2 Å². The molecule has 1 aliphatic heterocycles. The van der Waals surface area contributed by atoms with E-state index in [9.17, 15) is 9.59 Å². The summed E-state index contributed by atoms with van der Waals surface area (Å²) in [7, 11) is 0. The number of amides is 2. The Morgan fingerprint density at radius 1 is 1.07 bits per heavy atom. The molecule has 0 fully saturated rings. The first-order valence-corrected chi connectivity index (χ1v) is 9.40. The van der Waals surface area contributed by atoms with E-state index in [4.69, 9.17) is 23.2 Å². The number of hydrogen-bond acceptors (Lipinski definition) is 3. The zero-order valence-corrected chi connectivity index (χ0v) is 16.2. The van der Waals surface area contributed by atoms with Gasteiger partial charge >= 0.3 is 0 Å². The van der Waals surface area contributed by atoms with Gasteiger partial charge in [-0.3, -0.25) is 14.6 Å². The van der Waals surface area contributed by atoms with Crippen molar-refractivity contribution in [3.05, 3.63) is 87.7 Å². The fourth-order valence-electron chi connectivity index (χ4n) is 3.19. The number of hydrogen-bond donors (Lipinski definition) is 1. The van der Waals surface area contributed by atoms with Crippen LogP contribution in [0, 0.1) is 0 Å². The highest BCUT2D eigenvalue weighted by atomic mass is 35.5. The molecule has 0 saturated carbocycles. The van der Waals surface area contributed by atoms with Gasteiger partial charge in [0.15, 0.2) is 0 Å². The number of carbonyl (C=O) groups excluding carboxylic acids is 2. The number of fused-ring (bicyclic) bond motifs is 1. The largest absolute Gasteiger partial charge is 0.322 e. The van der Waals surface area contributed by atoms with E-state index in [-0.39, 0.29) is 16.8 Å². The molecular formula is C21H15Cl2N3O2. The van der Waals surface area contributed by atoms with E-state index in [1.165, 1.54) is 6.07 Å². The first kappa shape index (κ1) is 18.5. The molecule has 5 nitrogen and oxygen atoms in total. The summed E-state index contributed by atoms with van der Waals surface area (Å²) in [6.45, 7) is 0.587. The lowest BCUT2D eigenvalue weighted by atomic mass is 10.1. The molecule has 2 aromatic carbocycles. The van der Waals surface area contributed by atoms with E-state index in [0.717, 1.165) is 17.7 Å². The molecule has 3 aromatic rings. The summed E-state index contributed by atoms with van der Waals surface area (Å²) in [5, 5.41) is 3.57. The van der Waals surface area contributed by atoms with Gasteiger partial charge in [0.05, 0.1) is 16.1 Å². The van der Waals surface area contributed by atoms with Gasteiger partial charge < -0.3 is 10.2 Å². The Morgan fingerprint density at radius 2 is 1.93 bits per heavy atom. The van der Waals surface area contributed by atoms with Crippen molar-refractivity contribution in [3.63, 3.8) is 0 Å². The maximum absolute atomic E-state index is 12.8. The van der Waals surface area contributed by atoms with Gasteiger partial charge in [0.1, 0.15) is 0 Å². The van der Waals surface area contributed by atoms with E-state index in [1.807, 2.05) is 12.1 Å². The van der Waals surface area contributed by atoms with Gasteiger partial charge in [-0.15, -0.1) is 0 Å². The molecule has 0 atom stereocenters. The monoisotopic (exact) mass is 411 g/mol. The minimum atomic E-state index is -0.343. The number of benzene rings is 2. The maximum Gasteiger partial charge on any atom is 0.259 e. The van der Waals surface area contributed by atoms with Crippen molar-refractivity contribution in [2.75, 3.05) is 16.8 Å². The van der Waals surface area contributed by atoms with Crippen LogP contribution in [0.5, 0.6) is 0 Å². The third-order valence-electron chi connectivity index (χ3n) is 4.57. The summed E-state index contributed by atoms with van der Waals surface area (Å²) in [5.74, 6) is -0.458. The van der Waals surface area contributed by atoms with E-state index in [2.05, 4.69) is 10.3 Å². The number of nitrogens with one attached hydrogen (secondary N) is 1. The Morgan fingerprint density at radius 3 is 2.68 bits per heavy atom. The van der Waals surface area contributed by atoms with Crippen LogP contribution in [0.25, 0.3) is 0 Å². The van der Waals surface area contributed by atoms with Crippen molar-refractivity contribution in [1.82, 2.24) is 4.98 Å². The summed E-state index contributed by atoms with van der Waals surface area (Å²) in [6.07, 6.45) is 3.94. The molecule has 2 heterocycles. The number of pyridine rings is 1. The van der Waals surface area contributed by atoms with E-state index in [0.29, 0.717) is 28.4 Å². The van der Waals surface area contributed by atoms with Gasteiger partial charge in [-0.25, -0.2) is 0 Å². The van der Waals surface area contributed by atoms with Gasteiger partial charge in [0.2, 0.25) is 0 Å². The summed E-state index contributed by atoms with van der Waals surface area (Å²) in [4.78, 5) is 31.1. The molecule has 0 unspecified atom stereocenters. The van der Waals surface area contributed by atoms with Crippen LogP contribution in [0.3, 0.4) is 0 Å². The minimum Gasteiger partial charge on any atom is -0.322 e. The van der Waals surface area contributed by atoms with E-state index in [1.54, 1.807) is 47.6 Å². The molecule has 0 saturated heterocycles. The van der Waals surface area contributed by atoms with Gasteiger partial charge in [0, 0.05) is 35.3 Å². The Kier molecular flexibility index (Phi) is 5.03. The summed E-state index contributed by atoms with van der Waals surface area (Å²) < 4.78 is 0. The quantitative estimate of drug-likeness (QED) is 0.670. The minimum absolute atomic E-state index is 0.115. The Balaban J connectivity index is 1.58. The lowest BCUT2D eigenvalue weighted by molar-refractivity contribution is 0.0987. The predicted molar refractivity (Wildman–Crippen MR) is 110 cm³/mol. The molecule has 1 N–H and O–H groups in total. The fraction of sp³-hybridized carbons (Fsp3) is 0.0952. The highest BCUT2D eigenvalue weighted by Gasteiger charge is 2.26. The molecule has 140 valence electrons. The van der Waals surface area contributed by atoms with Crippen LogP contribution in [0.2, 0.25) is 10.0 Å². The van der Waals surface area contributed by atoms with Crippen molar-refractivity contribution in [1.29, 1.82) is 0 Å². The second kappa shape index (κ2) is 7.62. The van der Waals surface area contributed by atoms with Gasteiger partial charge in [-0.05, 0) is 54.4 Å². The number of anilines is 2. The standard InChI is InChI=1S/C21H15Cl2N3O2/c22-15-4-6-17(18(23)10-15)20(27)25-16-5-3-13-7-9-26(19(13)11-16)21(28)14-2-1-8-24-12-14/h1-6,8,10-12H,7,9H2,(H,25,27). The van der Waals surface area contributed by atoms with Crippen LogP contribution in [-0.2, 0) is 6.42 Å². The molecule has 2 amide bonds. The normalized spacial score (nSPS) is 12.6. The van der Waals surface area contributed by atoms with Gasteiger partial charge in [0.25, 0.3) is 11.8 Å². The second-order valence-electron chi connectivity index (χ2n) is 6.37. The topological polar surface area (TPSA) is 62.3 Å². The highest BCUT2D eigenvalue weighted by Crippen LogP contribution is 2.32. The van der Waals surface area contributed by atoms with Crippen LogP contribution < -0.4 is 10.2 Å². The third kappa shape index (κ3) is 3.59. The number of rotatable bonds is 3. The van der Waals surface area contributed by atoms with E-state index < -0.39 is 0 Å². The molecule has 4 rings (SSSR count). The van der Waals surface area contributed by atoms with Crippen LogP contribution in [0.4, 0.5) is 11.4 Å². The third-order valence-corrected chi connectivity index (χ3v) is 5.12. The average molecular weight is 412 g/mol. The Hall–Kier alpha value is -2.89. The fourth-order valence-corrected chi connectivity index (χ4v) is 3.68. The smallest absolute Gasteiger partial charge is 0.259 e. The molecular weight excluding hydrogens is 397 g/mol. The molecule has 0 bridgehead atoms. The van der Waals surface area contributed by atoms with Crippen molar-refractivity contribution in [2.45, 2.75) is 6.42 Å². The number of carbonyl (C=O) groups is 2.